The normalized spacial score (nSPS) is 11.6. The monoisotopic (exact) mass is 327 g/mol. The Hall–Kier alpha value is -2.49. The SMILES string of the molecule is CCOc1ccccc1OCC(=O)Nc1ccc([C@H](C)CC)cc1. The average Bonchev–Trinajstić information content (AvgIpc) is 2.61. The highest BCUT2D eigenvalue weighted by molar-refractivity contribution is 5.91. The molecule has 0 aromatic heterocycles. The van der Waals surface area contributed by atoms with Gasteiger partial charge in [-0.25, -0.2) is 0 Å². The van der Waals surface area contributed by atoms with Crippen LogP contribution in [0.2, 0.25) is 0 Å². The van der Waals surface area contributed by atoms with Crippen LogP contribution in [0.4, 0.5) is 5.69 Å². The minimum atomic E-state index is -0.197. The van der Waals surface area contributed by atoms with E-state index in [0.29, 0.717) is 24.0 Å². The summed E-state index contributed by atoms with van der Waals surface area (Å²) in [6.45, 7) is 6.76. The van der Waals surface area contributed by atoms with E-state index in [1.54, 1.807) is 6.07 Å². The molecule has 24 heavy (non-hydrogen) atoms. The van der Waals surface area contributed by atoms with Crippen LogP contribution in [0.5, 0.6) is 11.5 Å². The first-order valence-electron chi connectivity index (χ1n) is 8.38. The first-order valence-corrected chi connectivity index (χ1v) is 8.38. The van der Waals surface area contributed by atoms with Gasteiger partial charge < -0.3 is 14.8 Å². The molecule has 2 rings (SSSR count). The van der Waals surface area contributed by atoms with Crippen molar-refractivity contribution in [2.75, 3.05) is 18.5 Å². The van der Waals surface area contributed by atoms with Crippen molar-refractivity contribution in [2.24, 2.45) is 0 Å². The van der Waals surface area contributed by atoms with Crippen LogP contribution in [0.3, 0.4) is 0 Å². The Morgan fingerprint density at radius 1 is 1.00 bits per heavy atom. The van der Waals surface area contributed by atoms with Crippen LogP contribution in [0.1, 0.15) is 38.7 Å². The number of benzene rings is 2. The summed E-state index contributed by atoms with van der Waals surface area (Å²) in [5.41, 5.74) is 2.05. The smallest absolute Gasteiger partial charge is 0.262 e. The zero-order valence-electron chi connectivity index (χ0n) is 14.5. The Bertz CT molecular complexity index is 652. The van der Waals surface area contributed by atoms with Crippen LogP contribution in [0.15, 0.2) is 48.5 Å². The average molecular weight is 327 g/mol. The molecule has 2 aromatic rings. The zero-order chi connectivity index (χ0) is 17.4. The fraction of sp³-hybridized carbons (Fsp3) is 0.350. The first-order chi connectivity index (χ1) is 11.6. The molecule has 0 aliphatic rings. The highest BCUT2D eigenvalue weighted by Crippen LogP contribution is 2.26. The van der Waals surface area contributed by atoms with E-state index in [1.807, 2.05) is 37.3 Å². The summed E-state index contributed by atoms with van der Waals surface area (Å²) in [5, 5.41) is 2.84. The number of anilines is 1. The van der Waals surface area contributed by atoms with Gasteiger partial charge in [0.25, 0.3) is 5.91 Å². The van der Waals surface area contributed by atoms with Crippen LogP contribution in [-0.4, -0.2) is 19.1 Å². The lowest BCUT2D eigenvalue weighted by atomic mass is 9.99. The van der Waals surface area contributed by atoms with Crippen molar-refractivity contribution >= 4 is 11.6 Å². The number of hydrogen-bond donors (Lipinski definition) is 1. The van der Waals surface area contributed by atoms with Gasteiger partial charge in [-0.15, -0.1) is 0 Å². The molecule has 0 unspecified atom stereocenters. The fourth-order valence-corrected chi connectivity index (χ4v) is 2.32. The second-order valence-corrected chi connectivity index (χ2v) is 5.65. The van der Waals surface area contributed by atoms with Gasteiger partial charge in [0.1, 0.15) is 0 Å². The van der Waals surface area contributed by atoms with Crippen molar-refractivity contribution in [3.05, 3.63) is 54.1 Å². The summed E-state index contributed by atoms with van der Waals surface area (Å²) in [7, 11) is 0. The number of carbonyl (C=O) groups is 1. The van der Waals surface area contributed by atoms with Crippen LogP contribution >= 0.6 is 0 Å². The van der Waals surface area contributed by atoms with E-state index < -0.39 is 0 Å². The Morgan fingerprint density at radius 2 is 1.62 bits per heavy atom. The molecule has 1 atom stereocenters. The minimum Gasteiger partial charge on any atom is -0.490 e. The van der Waals surface area contributed by atoms with Crippen LogP contribution in [0, 0.1) is 0 Å². The third-order valence-electron chi connectivity index (χ3n) is 3.88. The first kappa shape index (κ1) is 17.9. The van der Waals surface area contributed by atoms with Crippen LogP contribution in [0.25, 0.3) is 0 Å². The number of para-hydroxylation sites is 2. The fourth-order valence-electron chi connectivity index (χ4n) is 2.32. The molecular formula is C20H25NO3. The highest BCUT2D eigenvalue weighted by Gasteiger charge is 2.08. The lowest BCUT2D eigenvalue weighted by Gasteiger charge is -2.12. The largest absolute Gasteiger partial charge is 0.490 e. The molecular weight excluding hydrogens is 302 g/mol. The molecule has 2 aromatic carbocycles. The number of nitrogens with one attached hydrogen (secondary N) is 1. The molecule has 0 fully saturated rings. The van der Waals surface area contributed by atoms with Crippen LogP contribution in [-0.2, 0) is 4.79 Å². The highest BCUT2D eigenvalue weighted by atomic mass is 16.5. The molecule has 0 saturated carbocycles. The second kappa shape index (κ2) is 8.96. The minimum absolute atomic E-state index is 0.0583. The number of amides is 1. The lowest BCUT2D eigenvalue weighted by Crippen LogP contribution is -2.20. The van der Waals surface area contributed by atoms with Crippen molar-refractivity contribution < 1.29 is 14.3 Å². The van der Waals surface area contributed by atoms with E-state index in [-0.39, 0.29) is 12.5 Å². The molecule has 0 radical (unpaired) electrons. The molecule has 4 nitrogen and oxygen atoms in total. The van der Waals surface area contributed by atoms with Gasteiger partial charge in [0.15, 0.2) is 18.1 Å². The van der Waals surface area contributed by atoms with E-state index in [4.69, 9.17) is 9.47 Å². The number of rotatable bonds is 8. The van der Waals surface area contributed by atoms with Gasteiger partial charge in [0.2, 0.25) is 0 Å². The van der Waals surface area contributed by atoms with E-state index in [0.717, 1.165) is 12.1 Å². The predicted octanol–water partition coefficient (Wildman–Crippen LogP) is 4.62. The maximum absolute atomic E-state index is 12.1. The predicted molar refractivity (Wildman–Crippen MR) is 96.9 cm³/mol. The molecule has 0 heterocycles. The lowest BCUT2D eigenvalue weighted by molar-refractivity contribution is -0.118. The van der Waals surface area contributed by atoms with Crippen molar-refractivity contribution in [3.63, 3.8) is 0 Å². The second-order valence-electron chi connectivity index (χ2n) is 5.65. The Morgan fingerprint density at radius 3 is 2.21 bits per heavy atom. The molecule has 0 bridgehead atoms. The maximum Gasteiger partial charge on any atom is 0.262 e. The molecule has 0 aliphatic carbocycles. The molecule has 1 N–H and O–H groups in total. The Labute approximate surface area is 143 Å². The summed E-state index contributed by atoms with van der Waals surface area (Å²) in [6, 6.07) is 15.3. The standard InChI is InChI=1S/C20H25NO3/c1-4-15(3)16-10-12-17(13-11-16)21-20(22)14-24-19-9-7-6-8-18(19)23-5-2/h6-13,15H,4-5,14H2,1-3H3,(H,21,22)/t15-/m1/s1. The number of hydrogen-bond acceptors (Lipinski definition) is 3. The molecule has 4 heteroatoms. The van der Waals surface area contributed by atoms with E-state index in [1.165, 1.54) is 5.56 Å². The van der Waals surface area contributed by atoms with Crippen molar-refractivity contribution in [1.82, 2.24) is 0 Å². The zero-order valence-corrected chi connectivity index (χ0v) is 14.5. The summed E-state index contributed by atoms with van der Waals surface area (Å²) in [5.74, 6) is 1.54. The molecule has 0 saturated heterocycles. The van der Waals surface area contributed by atoms with Crippen molar-refractivity contribution in [2.45, 2.75) is 33.1 Å². The van der Waals surface area contributed by atoms with Crippen molar-refractivity contribution in [3.8, 4) is 11.5 Å². The van der Waals surface area contributed by atoms with Gasteiger partial charge in [0, 0.05) is 5.69 Å². The van der Waals surface area contributed by atoms with Gasteiger partial charge in [-0.05, 0) is 49.1 Å². The molecule has 128 valence electrons. The van der Waals surface area contributed by atoms with E-state index in [2.05, 4.69) is 31.3 Å². The third kappa shape index (κ3) is 5.01. The van der Waals surface area contributed by atoms with Gasteiger partial charge in [-0.3, -0.25) is 4.79 Å². The van der Waals surface area contributed by atoms with Crippen LogP contribution < -0.4 is 14.8 Å². The summed E-state index contributed by atoms with van der Waals surface area (Å²) < 4.78 is 11.0. The van der Waals surface area contributed by atoms with Gasteiger partial charge in [-0.1, -0.05) is 38.1 Å². The Balaban J connectivity index is 1.89. The molecule has 1 amide bonds. The van der Waals surface area contributed by atoms with E-state index in [9.17, 15) is 4.79 Å². The molecule has 0 spiro atoms. The van der Waals surface area contributed by atoms with Crippen molar-refractivity contribution in [1.29, 1.82) is 0 Å². The number of carbonyl (C=O) groups excluding carboxylic acids is 1. The summed E-state index contributed by atoms with van der Waals surface area (Å²) in [6.07, 6.45) is 1.10. The van der Waals surface area contributed by atoms with Gasteiger partial charge in [-0.2, -0.15) is 0 Å². The Kier molecular flexibility index (Phi) is 6.67. The molecule has 0 aliphatic heterocycles. The quantitative estimate of drug-likeness (QED) is 0.770. The van der Waals surface area contributed by atoms with E-state index >= 15 is 0 Å². The maximum atomic E-state index is 12.1. The van der Waals surface area contributed by atoms with Gasteiger partial charge in [0.05, 0.1) is 6.61 Å². The topological polar surface area (TPSA) is 47.6 Å². The summed E-state index contributed by atoms with van der Waals surface area (Å²) >= 11 is 0. The summed E-state index contributed by atoms with van der Waals surface area (Å²) in [4.78, 5) is 12.1. The van der Waals surface area contributed by atoms with Gasteiger partial charge >= 0.3 is 0 Å². The third-order valence-corrected chi connectivity index (χ3v) is 3.88. The number of ether oxygens (including phenoxy) is 2.